The highest BCUT2D eigenvalue weighted by molar-refractivity contribution is 5.86. The summed E-state index contributed by atoms with van der Waals surface area (Å²) in [6.45, 7) is 5.09. The van der Waals surface area contributed by atoms with E-state index in [0.29, 0.717) is 12.0 Å². The van der Waals surface area contributed by atoms with E-state index in [1.54, 1.807) is 20.8 Å². The van der Waals surface area contributed by atoms with Gasteiger partial charge >= 0.3 is 0 Å². The van der Waals surface area contributed by atoms with Crippen LogP contribution in [-0.2, 0) is 9.59 Å². The summed E-state index contributed by atoms with van der Waals surface area (Å²) < 4.78 is 0. The highest BCUT2D eigenvalue weighted by Crippen LogP contribution is 2.54. The smallest absolute Gasteiger partial charge is 0.196 e. The Hall–Kier alpha value is -1.78. The highest BCUT2D eigenvalue weighted by Gasteiger charge is 2.52. The first-order chi connectivity index (χ1) is 9.24. The van der Waals surface area contributed by atoms with Crippen LogP contribution in [0.15, 0.2) is 22.9 Å². The van der Waals surface area contributed by atoms with Crippen LogP contribution >= 0.6 is 0 Å². The van der Waals surface area contributed by atoms with Crippen molar-refractivity contribution in [1.82, 2.24) is 0 Å². The number of ketones is 1. The summed E-state index contributed by atoms with van der Waals surface area (Å²) >= 11 is 0. The topological polar surface area (TPSA) is 94.8 Å². The van der Waals surface area contributed by atoms with E-state index >= 15 is 0 Å². The zero-order valence-electron chi connectivity index (χ0n) is 11.9. The predicted molar refractivity (Wildman–Crippen MR) is 72.2 cm³/mol. The molecule has 0 aromatic rings. The molecule has 0 bridgehead atoms. The monoisotopic (exact) mass is 280 g/mol. The van der Waals surface area contributed by atoms with Crippen molar-refractivity contribution in [3.8, 4) is 0 Å². The molecule has 1 fully saturated rings. The first-order valence-electron chi connectivity index (χ1n) is 6.74. The van der Waals surface area contributed by atoms with Gasteiger partial charge in [0, 0.05) is 23.7 Å². The Morgan fingerprint density at radius 3 is 2.45 bits per heavy atom. The molecule has 0 aromatic heterocycles. The van der Waals surface area contributed by atoms with Crippen molar-refractivity contribution in [3.63, 3.8) is 0 Å². The van der Waals surface area contributed by atoms with Crippen LogP contribution in [0.25, 0.3) is 0 Å². The van der Waals surface area contributed by atoms with Crippen molar-refractivity contribution in [3.05, 3.63) is 22.9 Å². The lowest BCUT2D eigenvalue weighted by molar-refractivity contribution is -0.134. The minimum atomic E-state index is -0.906. The molecule has 0 aliphatic heterocycles. The second-order valence-corrected chi connectivity index (χ2v) is 6.18. The average molecular weight is 280 g/mol. The summed E-state index contributed by atoms with van der Waals surface area (Å²) in [6.07, 6.45) is 1.21. The lowest BCUT2D eigenvalue weighted by atomic mass is 9.57. The molecule has 3 N–H and O–H groups in total. The van der Waals surface area contributed by atoms with Gasteiger partial charge in [-0.05, 0) is 24.8 Å². The fourth-order valence-electron chi connectivity index (χ4n) is 3.50. The van der Waals surface area contributed by atoms with Crippen molar-refractivity contribution in [2.24, 2.45) is 23.2 Å². The van der Waals surface area contributed by atoms with Crippen molar-refractivity contribution in [1.29, 1.82) is 0 Å². The third-order valence-corrected chi connectivity index (χ3v) is 4.95. The summed E-state index contributed by atoms with van der Waals surface area (Å²) in [7, 11) is 0. The largest absolute Gasteiger partial charge is 0.508 e. The molecule has 1 unspecified atom stereocenters. The molecule has 20 heavy (non-hydrogen) atoms. The Morgan fingerprint density at radius 1 is 1.30 bits per heavy atom. The van der Waals surface area contributed by atoms with Crippen molar-refractivity contribution >= 4 is 12.1 Å². The van der Waals surface area contributed by atoms with Gasteiger partial charge < -0.3 is 20.1 Å². The van der Waals surface area contributed by atoms with Crippen LogP contribution in [-0.4, -0.2) is 27.4 Å². The standard InChI is InChI=1S/C15H20O5/c1-7(6-16)9-4-10-8(2)12(18)13(19)14(20)15(10,3)5-11(9)17/h6-7,9-10,18-20H,4-5H2,1-3H3/t7?,9-,10+,15-/m1/s1. The number of rotatable bonds is 2. The van der Waals surface area contributed by atoms with E-state index in [1.165, 1.54) is 0 Å². The third kappa shape index (κ3) is 1.84. The number of hydrogen-bond acceptors (Lipinski definition) is 5. The summed E-state index contributed by atoms with van der Waals surface area (Å²) in [4.78, 5) is 23.2. The minimum Gasteiger partial charge on any atom is -0.508 e. The summed E-state index contributed by atoms with van der Waals surface area (Å²) in [5, 5.41) is 29.8. The Bertz CT molecular complexity index is 530. The molecule has 1 saturated carbocycles. The summed E-state index contributed by atoms with van der Waals surface area (Å²) in [5.74, 6) is -2.34. The second-order valence-electron chi connectivity index (χ2n) is 6.18. The van der Waals surface area contributed by atoms with Crippen LogP contribution in [0.3, 0.4) is 0 Å². The van der Waals surface area contributed by atoms with Gasteiger partial charge in [-0.1, -0.05) is 13.8 Å². The Kier molecular flexibility index (Phi) is 3.40. The lowest BCUT2D eigenvalue weighted by Crippen LogP contribution is -2.46. The molecule has 0 saturated heterocycles. The maximum absolute atomic E-state index is 12.2. The van der Waals surface area contributed by atoms with Gasteiger partial charge in [-0.3, -0.25) is 4.79 Å². The van der Waals surface area contributed by atoms with Crippen LogP contribution in [0.4, 0.5) is 0 Å². The molecule has 0 radical (unpaired) electrons. The van der Waals surface area contributed by atoms with Gasteiger partial charge in [0.2, 0.25) is 0 Å². The fourth-order valence-corrected chi connectivity index (χ4v) is 3.50. The molecule has 0 amide bonds. The Balaban J connectivity index is 2.47. The lowest BCUT2D eigenvalue weighted by Gasteiger charge is -2.46. The molecule has 0 heterocycles. The molecule has 2 aliphatic carbocycles. The van der Waals surface area contributed by atoms with Crippen LogP contribution in [0.5, 0.6) is 0 Å². The van der Waals surface area contributed by atoms with Crippen LogP contribution < -0.4 is 0 Å². The van der Waals surface area contributed by atoms with Crippen LogP contribution in [0, 0.1) is 23.2 Å². The Labute approximate surface area is 117 Å². The van der Waals surface area contributed by atoms with E-state index in [0.717, 1.165) is 6.29 Å². The molecule has 2 rings (SSSR count). The van der Waals surface area contributed by atoms with Crippen molar-refractivity contribution in [2.75, 3.05) is 0 Å². The van der Waals surface area contributed by atoms with Gasteiger partial charge in [0.25, 0.3) is 0 Å². The first-order valence-corrected chi connectivity index (χ1v) is 6.74. The highest BCUT2D eigenvalue weighted by atomic mass is 16.3. The van der Waals surface area contributed by atoms with Gasteiger partial charge in [0.05, 0.1) is 0 Å². The van der Waals surface area contributed by atoms with E-state index in [9.17, 15) is 24.9 Å². The normalized spacial score (nSPS) is 35.9. The van der Waals surface area contributed by atoms with Gasteiger partial charge in [0.15, 0.2) is 11.5 Å². The number of hydrogen-bond donors (Lipinski definition) is 3. The molecule has 2 aliphatic rings. The van der Waals surface area contributed by atoms with E-state index in [-0.39, 0.29) is 35.6 Å². The molecular weight excluding hydrogens is 260 g/mol. The molecule has 5 heteroatoms. The summed E-state index contributed by atoms with van der Waals surface area (Å²) in [6, 6.07) is 0. The second kappa shape index (κ2) is 4.65. The van der Waals surface area contributed by atoms with E-state index < -0.39 is 17.1 Å². The van der Waals surface area contributed by atoms with Crippen LogP contribution in [0.1, 0.15) is 33.6 Å². The Morgan fingerprint density at radius 2 is 1.90 bits per heavy atom. The number of allylic oxidation sites excluding steroid dienone is 2. The molecule has 110 valence electrons. The number of carbonyl (C=O) groups excluding carboxylic acids is 2. The van der Waals surface area contributed by atoms with Crippen molar-refractivity contribution < 1.29 is 24.9 Å². The predicted octanol–water partition coefficient (Wildman–Crippen LogP) is 2.60. The average Bonchev–Trinajstić information content (AvgIpc) is 2.42. The molecule has 4 atom stereocenters. The number of aliphatic hydroxyl groups is 3. The number of carbonyl (C=O) groups is 2. The fraction of sp³-hybridized carbons (Fsp3) is 0.600. The SMILES string of the molecule is CC1=C(O)C(O)=C(O)[C@]2(C)CC(=O)[C@@H](C(C)C=O)C[C@@H]12. The van der Waals surface area contributed by atoms with E-state index in [4.69, 9.17) is 0 Å². The first kappa shape index (κ1) is 14.6. The quantitative estimate of drug-likeness (QED) is 0.676. The maximum atomic E-state index is 12.2. The number of aliphatic hydroxyl groups excluding tert-OH is 3. The molecule has 0 spiro atoms. The minimum absolute atomic E-state index is 0.0566. The number of aldehydes is 1. The zero-order valence-corrected chi connectivity index (χ0v) is 11.9. The zero-order chi connectivity index (χ0) is 15.2. The van der Waals surface area contributed by atoms with Gasteiger partial charge in [-0.2, -0.15) is 0 Å². The van der Waals surface area contributed by atoms with Crippen LogP contribution in [0.2, 0.25) is 0 Å². The van der Waals surface area contributed by atoms with Gasteiger partial charge in [-0.15, -0.1) is 0 Å². The molecule has 0 aromatic carbocycles. The third-order valence-electron chi connectivity index (χ3n) is 4.95. The number of fused-ring (bicyclic) bond motifs is 1. The van der Waals surface area contributed by atoms with Gasteiger partial charge in [-0.25, -0.2) is 0 Å². The van der Waals surface area contributed by atoms with Gasteiger partial charge in [0.1, 0.15) is 17.8 Å². The molecular formula is C15H20O5. The number of Topliss-reactive ketones (excluding diaryl/α,β-unsaturated/α-hetero) is 1. The molecule has 5 nitrogen and oxygen atoms in total. The van der Waals surface area contributed by atoms with E-state index in [2.05, 4.69) is 0 Å². The van der Waals surface area contributed by atoms with E-state index in [1.807, 2.05) is 0 Å². The maximum Gasteiger partial charge on any atom is 0.196 e. The summed E-state index contributed by atoms with van der Waals surface area (Å²) in [5.41, 5.74) is -0.352. The van der Waals surface area contributed by atoms with Crippen molar-refractivity contribution in [2.45, 2.75) is 33.6 Å².